The van der Waals surface area contributed by atoms with Gasteiger partial charge in [0.15, 0.2) is 0 Å². The standard InChI is InChI=1S/C20H35N/c1-10-21(9)19(8)20(13-16(4)5)14-18(7)17(6)12-11-15(2)3/h14,16-17H,2,7-8,10-13H2,1,3-6,9H3/b20-14+. The molecular formula is C20H35N. The average molecular weight is 290 g/mol. The molecule has 0 fully saturated rings. The molecular weight excluding hydrogens is 254 g/mol. The van der Waals surface area contributed by atoms with Gasteiger partial charge in [-0.15, -0.1) is 6.58 Å². The van der Waals surface area contributed by atoms with Crippen molar-refractivity contribution in [3.63, 3.8) is 0 Å². The molecule has 0 aliphatic rings. The third kappa shape index (κ3) is 7.94. The summed E-state index contributed by atoms with van der Waals surface area (Å²) in [7, 11) is 2.10. The Balaban J connectivity index is 5.00. The molecule has 0 saturated heterocycles. The molecule has 0 rings (SSSR count). The quantitative estimate of drug-likeness (QED) is 0.353. The number of likely N-dealkylation sites (N-methyl/N-ethyl adjacent to an activating group) is 1. The van der Waals surface area contributed by atoms with E-state index in [-0.39, 0.29) is 0 Å². The number of nitrogens with zero attached hydrogens (tertiary/aromatic N) is 1. The summed E-state index contributed by atoms with van der Waals surface area (Å²) >= 11 is 0. The van der Waals surface area contributed by atoms with Crippen LogP contribution in [0.15, 0.2) is 48.2 Å². The van der Waals surface area contributed by atoms with E-state index in [0.717, 1.165) is 31.5 Å². The van der Waals surface area contributed by atoms with E-state index in [1.807, 2.05) is 0 Å². The van der Waals surface area contributed by atoms with Crippen molar-refractivity contribution in [2.75, 3.05) is 13.6 Å². The normalized spacial score (nSPS) is 13.2. The summed E-state index contributed by atoms with van der Waals surface area (Å²) in [6.45, 7) is 24.5. The van der Waals surface area contributed by atoms with Crippen LogP contribution in [0.25, 0.3) is 0 Å². The lowest BCUT2D eigenvalue weighted by Crippen LogP contribution is -2.18. The van der Waals surface area contributed by atoms with Crippen molar-refractivity contribution >= 4 is 0 Å². The first kappa shape index (κ1) is 19.8. The minimum absolute atomic E-state index is 0.489. The van der Waals surface area contributed by atoms with Crippen molar-refractivity contribution in [3.8, 4) is 0 Å². The molecule has 0 bridgehead atoms. The van der Waals surface area contributed by atoms with Crippen molar-refractivity contribution in [2.45, 2.75) is 53.9 Å². The second-order valence-electron chi connectivity index (χ2n) is 6.70. The molecule has 0 aromatic heterocycles. The van der Waals surface area contributed by atoms with E-state index >= 15 is 0 Å². The maximum atomic E-state index is 4.28. The predicted molar refractivity (Wildman–Crippen MR) is 97.3 cm³/mol. The van der Waals surface area contributed by atoms with E-state index < -0.39 is 0 Å². The summed E-state index contributed by atoms with van der Waals surface area (Å²) < 4.78 is 0. The first-order valence-corrected chi connectivity index (χ1v) is 8.13. The molecule has 120 valence electrons. The number of allylic oxidation sites excluding steroid dienone is 4. The zero-order valence-electron chi connectivity index (χ0n) is 15.1. The number of hydrogen-bond donors (Lipinski definition) is 0. The highest BCUT2D eigenvalue weighted by Crippen LogP contribution is 2.26. The second kappa shape index (κ2) is 9.65. The molecule has 0 aromatic rings. The van der Waals surface area contributed by atoms with E-state index in [0.29, 0.717) is 11.8 Å². The molecule has 0 radical (unpaired) electrons. The largest absolute Gasteiger partial charge is 0.375 e. The SMILES string of the molecule is C=C(C)CCC(C)C(=C)/C=C(\CC(C)C)C(=C)N(C)CC. The summed E-state index contributed by atoms with van der Waals surface area (Å²) in [6.07, 6.45) is 5.51. The monoisotopic (exact) mass is 289 g/mol. The highest BCUT2D eigenvalue weighted by molar-refractivity contribution is 5.35. The van der Waals surface area contributed by atoms with Crippen molar-refractivity contribution in [3.05, 3.63) is 48.2 Å². The van der Waals surface area contributed by atoms with Gasteiger partial charge in [0.05, 0.1) is 0 Å². The van der Waals surface area contributed by atoms with Crippen LogP contribution in [0.3, 0.4) is 0 Å². The smallest absolute Gasteiger partial charge is 0.0323 e. The van der Waals surface area contributed by atoms with E-state index in [1.54, 1.807) is 0 Å². The van der Waals surface area contributed by atoms with Gasteiger partial charge in [-0.2, -0.15) is 0 Å². The van der Waals surface area contributed by atoms with Crippen molar-refractivity contribution in [2.24, 2.45) is 11.8 Å². The van der Waals surface area contributed by atoms with Crippen molar-refractivity contribution in [1.82, 2.24) is 4.90 Å². The topological polar surface area (TPSA) is 3.24 Å². The molecule has 0 amide bonds. The fraction of sp³-hybridized carbons (Fsp3) is 0.600. The Hall–Kier alpha value is -1.24. The van der Waals surface area contributed by atoms with Crippen molar-refractivity contribution in [1.29, 1.82) is 0 Å². The average Bonchev–Trinajstić information content (AvgIpc) is 2.41. The van der Waals surface area contributed by atoms with Gasteiger partial charge in [0.1, 0.15) is 0 Å². The molecule has 0 N–H and O–H groups in total. The summed E-state index contributed by atoms with van der Waals surface area (Å²) in [5.41, 5.74) is 4.90. The van der Waals surface area contributed by atoms with E-state index in [2.05, 4.69) is 72.4 Å². The molecule has 0 aliphatic carbocycles. The lowest BCUT2D eigenvalue weighted by atomic mass is 9.91. The van der Waals surface area contributed by atoms with Crippen LogP contribution in [0.1, 0.15) is 53.9 Å². The zero-order chi connectivity index (χ0) is 16.6. The van der Waals surface area contributed by atoms with E-state index in [1.165, 1.54) is 16.7 Å². The number of rotatable bonds is 10. The van der Waals surface area contributed by atoms with Crippen LogP contribution in [0, 0.1) is 11.8 Å². The maximum absolute atomic E-state index is 4.28. The fourth-order valence-corrected chi connectivity index (χ4v) is 2.15. The van der Waals surface area contributed by atoms with Crippen LogP contribution in [0.2, 0.25) is 0 Å². The van der Waals surface area contributed by atoms with Crippen molar-refractivity contribution < 1.29 is 0 Å². The Morgan fingerprint density at radius 1 is 1.14 bits per heavy atom. The Morgan fingerprint density at radius 3 is 2.14 bits per heavy atom. The van der Waals surface area contributed by atoms with E-state index in [4.69, 9.17) is 0 Å². The molecule has 0 saturated carbocycles. The molecule has 1 unspecified atom stereocenters. The lowest BCUT2D eigenvalue weighted by molar-refractivity contribution is 0.442. The summed E-state index contributed by atoms with van der Waals surface area (Å²) in [5.74, 6) is 1.11. The summed E-state index contributed by atoms with van der Waals surface area (Å²) in [6, 6.07) is 0. The Labute approximate surface area is 133 Å². The third-order valence-corrected chi connectivity index (χ3v) is 3.93. The van der Waals surface area contributed by atoms with E-state index in [9.17, 15) is 0 Å². The van der Waals surface area contributed by atoms with Gasteiger partial charge in [-0.3, -0.25) is 0 Å². The van der Waals surface area contributed by atoms with Crippen LogP contribution in [0.4, 0.5) is 0 Å². The Morgan fingerprint density at radius 2 is 1.71 bits per heavy atom. The molecule has 0 spiro atoms. The highest BCUT2D eigenvalue weighted by Gasteiger charge is 2.12. The minimum atomic E-state index is 0.489. The van der Waals surface area contributed by atoms with Crippen LogP contribution in [-0.4, -0.2) is 18.5 Å². The lowest BCUT2D eigenvalue weighted by Gasteiger charge is -2.24. The zero-order valence-corrected chi connectivity index (χ0v) is 15.1. The van der Waals surface area contributed by atoms with Crippen LogP contribution >= 0.6 is 0 Å². The second-order valence-corrected chi connectivity index (χ2v) is 6.70. The molecule has 1 heteroatoms. The molecule has 1 atom stereocenters. The van der Waals surface area contributed by atoms with Gasteiger partial charge >= 0.3 is 0 Å². The Bertz CT molecular complexity index is 398. The fourth-order valence-electron chi connectivity index (χ4n) is 2.15. The van der Waals surface area contributed by atoms with Gasteiger partial charge in [0.2, 0.25) is 0 Å². The third-order valence-electron chi connectivity index (χ3n) is 3.93. The number of hydrogen-bond acceptors (Lipinski definition) is 1. The predicted octanol–water partition coefficient (Wildman–Crippen LogP) is 5.97. The van der Waals surface area contributed by atoms with Gasteiger partial charge in [-0.25, -0.2) is 0 Å². The van der Waals surface area contributed by atoms with Gasteiger partial charge in [0, 0.05) is 19.3 Å². The molecule has 0 heterocycles. The Kier molecular flexibility index (Phi) is 9.08. The van der Waals surface area contributed by atoms with Crippen LogP contribution < -0.4 is 0 Å². The summed E-state index contributed by atoms with van der Waals surface area (Å²) in [4.78, 5) is 2.21. The van der Waals surface area contributed by atoms with Gasteiger partial charge < -0.3 is 4.90 Å². The van der Waals surface area contributed by atoms with Crippen LogP contribution in [0.5, 0.6) is 0 Å². The molecule has 0 aromatic carbocycles. The highest BCUT2D eigenvalue weighted by atomic mass is 15.1. The first-order valence-electron chi connectivity index (χ1n) is 8.13. The molecule has 1 nitrogen and oxygen atoms in total. The molecule has 21 heavy (non-hydrogen) atoms. The minimum Gasteiger partial charge on any atom is -0.375 e. The summed E-state index contributed by atoms with van der Waals surface area (Å²) in [5, 5.41) is 0. The van der Waals surface area contributed by atoms with Gasteiger partial charge in [0.25, 0.3) is 0 Å². The van der Waals surface area contributed by atoms with Gasteiger partial charge in [-0.05, 0) is 50.5 Å². The first-order chi connectivity index (χ1) is 9.68. The molecule has 0 aliphatic heterocycles. The van der Waals surface area contributed by atoms with Gasteiger partial charge in [-0.1, -0.05) is 51.2 Å². The van der Waals surface area contributed by atoms with Crippen LogP contribution in [-0.2, 0) is 0 Å². The maximum Gasteiger partial charge on any atom is 0.0323 e.